The normalized spacial score (nSPS) is 12.1. The molecule has 1 aromatic heterocycles. The molecule has 0 saturated heterocycles. The van der Waals surface area contributed by atoms with Crippen LogP contribution in [0.4, 0.5) is 5.69 Å². The molecule has 0 aliphatic rings. The number of non-ortho nitro benzene ring substituents is 1. The van der Waals surface area contributed by atoms with Crippen molar-refractivity contribution >= 4 is 5.69 Å². The molecule has 2 rings (SSSR count). The second kappa shape index (κ2) is 6.41. The average Bonchev–Trinajstić information content (AvgIpc) is 2.48. The van der Waals surface area contributed by atoms with Crippen molar-refractivity contribution in [3.8, 4) is 11.4 Å². The number of hydrogen-bond donors (Lipinski definition) is 1. The van der Waals surface area contributed by atoms with Crippen molar-refractivity contribution in [2.45, 2.75) is 32.7 Å². The van der Waals surface area contributed by atoms with Crippen LogP contribution in [-0.2, 0) is 6.42 Å². The maximum absolute atomic E-state index is 10.9. The summed E-state index contributed by atoms with van der Waals surface area (Å²) in [5.74, 6) is 0.491. The predicted molar refractivity (Wildman–Crippen MR) is 80.8 cm³/mol. The molecular weight excluding hydrogens is 268 g/mol. The Hall–Kier alpha value is -2.34. The van der Waals surface area contributed by atoms with Crippen molar-refractivity contribution in [2.75, 3.05) is 0 Å². The Balaban J connectivity index is 2.30. The third-order valence-electron chi connectivity index (χ3n) is 3.40. The summed E-state index contributed by atoms with van der Waals surface area (Å²) in [6, 6.07) is 4.78. The van der Waals surface area contributed by atoms with Gasteiger partial charge in [-0.15, -0.1) is 0 Å². The van der Waals surface area contributed by atoms with Crippen LogP contribution >= 0.6 is 0 Å². The van der Waals surface area contributed by atoms with Crippen molar-refractivity contribution in [1.82, 2.24) is 9.97 Å². The molecule has 0 bridgehead atoms. The van der Waals surface area contributed by atoms with E-state index < -0.39 is 4.92 Å². The molecule has 1 heterocycles. The van der Waals surface area contributed by atoms with E-state index in [0.29, 0.717) is 11.4 Å². The van der Waals surface area contributed by atoms with Crippen molar-refractivity contribution in [1.29, 1.82) is 0 Å². The van der Waals surface area contributed by atoms with E-state index in [0.717, 1.165) is 24.0 Å². The maximum atomic E-state index is 10.9. The van der Waals surface area contributed by atoms with E-state index in [-0.39, 0.29) is 11.7 Å². The third-order valence-corrected chi connectivity index (χ3v) is 3.40. The van der Waals surface area contributed by atoms with Crippen LogP contribution < -0.4 is 5.73 Å². The number of nitro groups is 1. The number of nitrogens with two attached hydrogens (primary N) is 1. The molecule has 0 amide bonds. The summed E-state index contributed by atoms with van der Waals surface area (Å²) >= 11 is 0. The minimum Gasteiger partial charge on any atom is -0.327 e. The van der Waals surface area contributed by atoms with Gasteiger partial charge in [-0.3, -0.25) is 10.1 Å². The van der Waals surface area contributed by atoms with Gasteiger partial charge in [0.25, 0.3) is 5.69 Å². The molecule has 0 saturated carbocycles. The Labute approximate surface area is 123 Å². The van der Waals surface area contributed by atoms with Gasteiger partial charge in [-0.2, -0.15) is 0 Å². The smallest absolute Gasteiger partial charge is 0.270 e. The van der Waals surface area contributed by atoms with Gasteiger partial charge in [0, 0.05) is 36.1 Å². The molecule has 1 aromatic carbocycles. The van der Waals surface area contributed by atoms with Gasteiger partial charge >= 0.3 is 0 Å². The standard InChI is InChI=1S/C15H18N4O2/c1-3-12(16)6-11-8-17-15(18-9-11)14-7-13(19(20)21)5-4-10(14)2/h4-5,7-9,12H,3,6,16H2,1-2H3. The van der Waals surface area contributed by atoms with Crippen molar-refractivity contribution in [3.63, 3.8) is 0 Å². The SMILES string of the molecule is CCC(N)Cc1cnc(-c2cc([N+](=O)[O-])ccc2C)nc1. The number of hydrogen-bond acceptors (Lipinski definition) is 5. The molecule has 2 N–H and O–H groups in total. The number of nitrogens with zero attached hydrogens (tertiary/aromatic N) is 3. The second-order valence-corrected chi connectivity index (χ2v) is 5.04. The molecule has 6 heteroatoms. The molecular formula is C15H18N4O2. The first kappa shape index (κ1) is 15.1. The monoisotopic (exact) mass is 286 g/mol. The van der Waals surface area contributed by atoms with Crippen molar-refractivity contribution < 1.29 is 4.92 Å². The highest BCUT2D eigenvalue weighted by Gasteiger charge is 2.12. The summed E-state index contributed by atoms with van der Waals surface area (Å²) in [6.07, 6.45) is 5.09. The summed E-state index contributed by atoms with van der Waals surface area (Å²) in [5, 5.41) is 10.9. The Kier molecular flexibility index (Phi) is 4.59. The first-order chi connectivity index (χ1) is 10.0. The van der Waals surface area contributed by atoms with Gasteiger partial charge in [-0.1, -0.05) is 13.0 Å². The number of aryl methyl sites for hydroxylation is 1. The van der Waals surface area contributed by atoms with Crippen LogP contribution in [0.5, 0.6) is 0 Å². The van der Waals surface area contributed by atoms with Crippen LogP contribution in [0.3, 0.4) is 0 Å². The zero-order valence-corrected chi connectivity index (χ0v) is 12.1. The molecule has 0 aliphatic heterocycles. The van der Waals surface area contributed by atoms with Crippen LogP contribution in [0.25, 0.3) is 11.4 Å². The van der Waals surface area contributed by atoms with Gasteiger partial charge in [0.05, 0.1) is 4.92 Å². The molecule has 21 heavy (non-hydrogen) atoms. The van der Waals surface area contributed by atoms with E-state index in [1.807, 2.05) is 13.8 Å². The van der Waals surface area contributed by atoms with Gasteiger partial charge < -0.3 is 5.73 Å². The molecule has 2 aromatic rings. The molecule has 0 aliphatic carbocycles. The lowest BCUT2D eigenvalue weighted by molar-refractivity contribution is -0.384. The van der Waals surface area contributed by atoms with E-state index in [9.17, 15) is 10.1 Å². The van der Waals surface area contributed by atoms with Crippen LogP contribution in [0.1, 0.15) is 24.5 Å². The summed E-state index contributed by atoms with van der Waals surface area (Å²) in [5.41, 5.74) is 8.49. The molecule has 1 atom stereocenters. The zero-order chi connectivity index (χ0) is 15.4. The zero-order valence-electron chi connectivity index (χ0n) is 12.1. The Morgan fingerprint density at radius 3 is 2.57 bits per heavy atom. The second-order valence-electron chi connectivity index (χ2n) is 5.04. The molecule has 0 fully saturated rings. The van der Waals surface area contributed by atoms with Gasteiger partial charge in [0.15, 0.2) is 5.82 Å². The van der Waals surface area contributed by atoms with Gasteiger partial charge in [0.1, 0.15) is 0 Å². The molecule has 0 spiro atoms. The summed E-state index contributed by atoms with van der Waals surface area (Å²) in [7, 11) is 0. The molecule has 110 valence electrons. The van der Waals surface area contributed by atoms with Gasteiger partial charge in [-0.05, 0) is 30.9 Å². The van der Waals surface area contributed by atoms with E-state index in [1.54, 1.807) is 18.5 Å². The van der Waals surface area contributed by atoms with Gasteiger partial charge in [0.2, 0.25) is 0 Å². The first-order valence-electron chi connectivity index (χ1n) is 6.83. The van der Waals surface area contributed by atoms with Gasteiger partial charge in [-0.25, -0.2) is 9.97 Å². The topological polar surface area (TPSA) is 94.9 Å². The number of benzene rings is 1. The minimum atomic E-state index is -0.419. The lowest BCUT2D eigenvalue weighted by atomic mass is 10.1. The third kappa shape index (κ3) is 3.61. The van der Waals surface area contributed by atoms with Crippen molar-refractivity contribution in [3.05, 3.63) is 51.8 Å². The van der Waals surface area contributed by atoms with Crippen LogP contribution in [0.2, 0.25) is 0 Å². The van der Waals surface area contributed by atoms with E-state index in [2.05, 4.69) is 9.97 Å². The largest absolute Gasteiger partial charge is 0.327 e. The predicted octanol–water partition coefficient (Wildman–Crippen LogP) is 2.64. The first-order valence-corrected chi connectivity index (χ1v) is 6.83. The molecule has 1 unspecified atom stereocenters. The summed E-state index contributed by atoms with van der Waals surface area (Å²) in [6.45, 7) is 3.91. The quantitative estimate of drug-likeness (QED) is 0.673. The highest BCUT2D eigenvalue weighted by atomic mass is 16.6. The lowest BCUT2D eigenvalue weighted by Crippen LogP contribution is -2.21. The van der Waals surface area contributed by atoms with Crippen LogP contribution in [0.15, 0.2) is 30.6 Å². The fourth-order valence-corrected chi connectivity index (χ4v) is 2.01. The number of rotatable bonds is 5. The maximum Gasteiger partial charge on any atom is 0.270 e. The van der Waals surface area contributed by atoms with E-state index >= 15 is 0 Å². The highest BCUT2D eigenvalue weighted by molar-refractivity contribution is 5.63. The number of aromatic nitrogens is 2. The van der Waals surface area contributed by atoms with E-state index in [4.69, 9.17) is 5.73 Å². The summed E-state index contributed by atoms with van der Waals surface area (Å²) < 4.78 is 0. The average molecular weight is 286 g/mol. The van der Waals surface area contributed by atoms with E-state index in [1.165, 1.54) is 12.1 Å². The highest BCUT2D eigenvalue weighted by Crippen LogP contribution is 2.24. The summed E-state index contributed by atoms with van der Waals surface area (Å²) in [4.78, 5) is 19.1. The minimum absolute atomic E-state index is 0.0382. The Bertz CT molecular complexity index is 641. The molecule has 0 radical (unpaired) electrons. The number of nitro benzene ring substituents is 1. The lowest BCUT2D eigenvalue weighted by Gasteiger charge is -2.09. The molecule has 6 nitrogen and oxygen atoms in total. The Morgan fingerprint density at radius 1 is 1.33 bits per heavy atom. The fraction of sp³-hybridized carbons (Fsp3) is 0.333. The van der Waals surface area contributed by atoms with Crippen LogP contribution in [-0.4, -0.2) is 20.9 Å². The fourth-order valence-electron chi connectivity index (χ4n) is 2.01. The van der Waals surface area contributed by atoms with Crippen LogP contribution in [0, 0.1) is 17.0 Å². The van der Waals surface area contributed by atoms with Crippen molar-refractivity contribution in [2.24, 2.45) is 5.73 Å². The Morgan fingerprint density at radius 2 is 2.00 bits per heavy atom.